The number of hydrogen-bond acceptors (Lipinski definition) is 3. The maximum Gasteiger partial charge on any atom is 0.152 e. The number of hydrogen-bond donors (Lipinski definition) is 1. The predicted octanol–water partition coefficient (Wildman–Crippen LogP) is 2.22. The van der Waals surface area contributed by atoms with Gasteiger partial charge in [-0.15, -0.1) is 0 Å². The SMILES string of the molecule is CC(C)NC(Cc1ccncc1)C(=O)C(C)C. The third kappa shape index (κ3) is 4.65. The summed E-state index contributed by atoms with van der Waals surface area (Å²) in [6.45, 7) is 8.02. The molecule has 3 nitrogen and oxygen atoms in total. The Kier molecular flexibility index (Phi) is 5.29. The molecule has 0 amide bonds. The van der Waals surface area contributed by atoms with Crippen LogP contribution in [-0.2, 0) is 11.2 Å². The number of pyridine rings is 1. The van der Waals surface area contributed by atoms with Crippen LogP contribution in [0.3, 0.4) is 0 Å². The summed E-state index contributed by atoms with van der Waals surface area (Å²) in [5.41, 5.74) is 1.15. The van der Waals surface area contributed by atoms with E-state index in [0.717, 1.165) is 12.0 Å². The van der Waals surface area contributed by atoms with Crippen molar-refractivity contribution < 1.29 is 4.79 Å². The predicted molar refractivity (Wildman–Crippen MR) is 69.8 cm³/mol. The molecule has 0 aliphatic heterocycles. The quantitative estimate of drug-likeness (QED) is 0.820. The largest absolute Gasteiger partial charge is 0.305 e. The first-order valence-electron chi connectivity index (χ1n) is 6.19. The van der Waals surface area contributed by atoms with Crippen molar-refractivity contribution in [3.8, 4) is 0 Å². The average Bonchev–Trinajstić information content (AvgIpc) is 2.28. The lowest BCUT2D eigenvalue weighted by molar-refractivity contribution is -0.124. The molecule has 1 N–H and O–H groups in total. The Morgan fingerprint density at radius 2 is 1.82 bits per heavy atom. The zero-order chi connectivity index (χ0) is 12.8. The highest BCUT2D eigenvalue weighted by atomic mass is 16.1. The number of carbonyl (C=O) groups excluding carboxylic acids is 1. The molecule has 0 bridgehead atoms. The van der Waals surface area contributed by atoms with Crippen LogP contribution in [0.1, 0.15) is 33.3 Å². The summed E-state index contributed by atoms with van der Waals surface area (Å²) in [4.78, 5) is 16.1. The Labute approximate surface area is 104 Å². The van der Waals surface area contributed by atoms with Crippen molar-refractivity contribution >= 4 is 5.78 Å². The molecular weight excluding hydrogens is 212 g/mol. The van der Waals surface area contributed by atoms with E-state index in [1.165, 1.54) is 0 Å². The van der Waals surface area contributed by atoms with E-state index in [1.54, 1.807) is 12.4 Å². The van der Waals surface area contributed by atoms with Crippen LogP contribution in [0.2, 0.25) is 0 Å². The van der Waals surface area contributed by atoms with E-state index in [2.05, 4.69) is 24.1 Å². The van der Waals surface area contributed by atoms with E-state index in [0.29, 0.717) is 6.04 Å². The molecular formula is C14H22N2O. The summed E-state index contributed by atoms with van der Waals surface area (Å²) >= 11 is 0. The fraction of sp³-hybridized carbons (Fsp3) is 0.571. The molecule has 1 rings (SSSR count). The van der Waals surface area contributed by atoms with E-state index < -0.39 is 0 Å². The second kappa shape index (κ2) is 6.50. The first kappa shape index (κ1) is 13.8. The topological polar surface area (TPSA) is 42.0 Å². The maximum absolute atomic E-state index is 12.1. The zero-order valence-electron chi connectivity index (χ0n) is 11.1. The highest BCUT2D eigenvalue weighted by Crippen LogP contribution is 2.08. The minimum Gasteiger partial charge on any atom is -0.305 e. The second-order valence-corrected chi connectivity index (χ2v) is 4.99. The third-order valence-electron chi connectivity index (χ3n) is 2.64. The number of ketones is 1. The van der Waals surface area contributed by atoms with E-state index >= 15 is 0 Å². The van der Waals surface area contributed by atoms with Crippen LogP contribution in [-0.4, -0.2) is 22.9 Å². The van der Waals surface area contributed by atoms with Crippen LogP contribution in [0, 0.1) is 5.92 Å². The summed E-state index contributed by atoms with van der Waals surface area (Å²) in [7, 11) is 0. The second-order valence-electron chi connectivity index (χ2n) is 4.99. The van der Waals surface area contributed by atoms with Crippen molar-refractivity contribution in [1.82, 2.24) is 10.3 Å². The van der Waals surface area contributed by atoms with Crippen LogP contribution >= 0.6 is 0 Å². The minimum absolute atomic E-state index is 0.0630. The third-order valence-corrected chi connectivity index (χ3v) is 2.64. The molecule has 0 aliphatic rings. The molecule has 94 valence electrons. The summed E-state index contributed by atoms with van der Waals surface area (Å²) in [5, 5.41) is 3.34. The van der Waals surface area contributed by atoms with Gasteiger partial charge in [0.1, 0.15) is 0 Å². The Bertz CT molecular complexity index is 346. The lowest BCUT2D eigenvalue weighted by Gasteiger charge is -2.22. The smallest absolute Gasteiger partial charge is 0.152 e. The summed E-state index contributed by atoms with van der Waals surface area (Å²) in [6, 6.07) is 4.13. The monoisotopic (exact) mass is 234 g/mol. The van der Waals surface area contributed by atoms with Crippen LogP contribution in [0.4, 0.5) is 0 Å². The molecule has 17 heavy (non-hydrogen) atoms. The Balaban J connectivity index is 2.74. The normalized spacial score (nSPS) is 13.1. The molecule has 1 aromatic rings. The van der Waals surface area contributed by atoms with E-state index in [-0.39, 0.29) is 17.7 Å². The van der Waals surface area contributed by atoms with Gasteiger partial charge in [-0.2, -0.15) is 0 Å². The van der Waals surface area contributed by atoms with Crippen molar-refractivity contribution in [3.63, 3.8) is 0 Å². The van der Waals surface area contributed by atoms with Crippen molar-refractivity contribution in [3.05, 3.63) is 30.1 Å². The van der Waals surface area contributed by atoms with E-state index in [1.807, 2.05) is 26.0 Å². The van der Waals surface area contributed by atoms with Gasteiger partial charge < -0.3 is 5.32 Å². The fourth-order valence-corrected chi connectivity index (χ4v) is 1.80. The Morgan fingerprint density at radius 1 is 1.24 bits per heavy atom. The molecule has 3 heteroatoms. The van der Waals surface area contributed by atoms with Gasteiger partial charge in [-0.25, -0.2) is 0 Å². The van der Waals surface area contributed by atoms with Gasteiger partial charge in [-0.05, 0) is 24.1 Å². The van der Waals surface area contributed by atoms with Gasteiger partial charge in [0.05, 0.1) is 6.04 Å². The standard InChI is InChI=1S/C14H22N2O/c1-10(2)14(17)13(16-11(3)4)9-12-5-7-15-8-6-12/h5-8,10-11,13,16H,9H2,1-4H3. The summed E-state index contributed by atoms with van der Waals surface area (Å²) in [6.07, 6.45) is 4.26. The molecule has 1 aromatic heterocycles. The lowest BCUT2D eigenvalue weighted by atomic mass is 9.95. The van der Waals surface area contributed by atoms with Crippen LogP contribution in [0.5, 0.6) is 0 Å². The van der Waals surface area contributed by atoms with Crippen molar-refractivity contribution in [1.29, 1.82) is 0 Å². The molecule has 0 fully saturated rings. The van der Waals surface area contributed by atoms with Crippen molar-refractivity contribution in [2.45, 2.75) is 46.2 Å². The maximum atomic E-state index is 12.1. The fourth-order valence-electron chi connectivity index (χ4n) is 1.80. The lowest BCUT2D eigenvalue weighted by Crippen LogP contribution is -2.44. The molecule has 0 spiro atoms. The molecule has 1 unspecified atom stereocenters. The molecule has 0 radical (unpaired) electrons. The number of rotatable bonds is 6. The van der Waals surface area contributed by atoms with Crippen molar-refractivity contribution in [2.24, 2.45) is 5.92 Å². The first-order valence-corrected chi connectivity index (χ1v) is 6.19. The van der Waals surface area contributed by atoms with Crippen LogP contribution in [0.25, 0.3) is 0 Å². The number of carbonyl (C=O) groups is 1. The van der Waals surface area contributed by atoms with Crippen molar-refractivity contribution in [2.75, 3.05) is 0 Å². The molecule has 1 atom stereocenters. The van der Waals surface area contributed by atoms with Gasteiger partial charge in [0.25, 0.3) is 0 Å². The highest BCUT2D eigenvalue weighted by molar-refractivity contribution is 5.86. The number of nitrogens with zero attached hydrogens (tertiary/aromatic N) is 1. The van der Waals surface area contributed by atoms with E-state index in [9.17, 15) is 4.79 Å². The first-order chi connectivity index (χ1) is 8.00. The van der Waals surface area contributed by atoms with Gasteiger partial charge in [-0.1, -0.05) is 27.7 Å². The van der Waals surface area contributed by atoms with Gasteiger partial charge in [0.15, 0.2) is 5.78 Å². The molecule has 1 heterocycles. The van der Waals surface area contributed by atoms with Crippen LogP contribution < -0.4 is 5.32 Å². The minimum atomic E-state index is -0.0996. The van der Waals surface area contributed by atoms with Gasteiger partial charge in [0, 0.05) is 24.4 Å². The Morgan fingerprint density at radius 3 is 2.29 bits per heavy atom. The Hall–Kier alpha value is -1.22. The summed E-state index contributed by atoms with van der Waals surface area (Å²) in [5.74, 6) is 0.337. The number of nitrogens with one attached hydrogen (secondary N) is 1. The highest BCUT2D eigenvalue weighted by Gasteiger charge is 2.21. The van der Waals surface area contributed by atoms with E-state index in [4.69, 9.17) is 0 Å². The number of Topliss-reactive ketones (excluding diaryl/α,β-unsaturated/α-hetero) is 1. The van der Waals surface area contributed by atoms with Gasteiger partial charge >= 0.3 is 0 Å². The zero-order valence-corrected chi connectivity index (χ0v) is 11.1. The number of aromatic nitrogens is 1. The summed E-state index contributed by atoms with van der Waals surface area (Å²) < 4.78 is 0. The van der Waals surface area contributed by atoms with Gasteiger partial charge in [-0.3, -0.25) is 9.78 Å². The molecule has 0 aromatic carbocycles. The van der Waals surface area contributed by atoms with Crippen LogP contribution in [0.15, 0.2) is 24.5 Å². The molecule has 0 saturated carbocycles. The molecule has 0 saturated heterocycles. The average molecular weight is 234 g/mol. The molecule has 0 aliphatic carbocycles. The van der Waals surface area contributed by atoms with Gasteiger partial charge in [0.2, 0.25) is 0 Å².